The molecular formula is C31H22BrClN6. The molecule has 0 amide bonds. The van der Waals surface area contributed by atoms with E-state index in [4.69, 9.17) is 26.7 Å². The average Bonchev–Trinajstić information content (AvgIpc) is 3.29. The molecule has 3 heterocycles. The highest BCUT2D eigenvalue weighted by atomic mass is 79.9. The Bertz CT molecular complexity index is 1780. The highest BCUT2D eigenvalue weighted by Gasteiger charge is 2.41. The number of hydrogen-bond donors (Lipinski definition) is 1. The minimum Gasteiger partial charge on any atom is -0.337 e. The summed E-state index contributed by atoms with van der Waals surface area (Å²) < 4.78 is 2.94. The van der Waals surface area contributed by atoms with Gasteiger partial charge in [0, 0.05) is 20.7 Å². The van der Waals surface area contributed by atoms with E-state index in [-0.39, 0.29) is 6.04 Å². The minimum atomic E-state index is -0.180. The van der Waals surface area contributed by atoms with Gasteiger partial charge in [0.1, 0.15) is 0 Å². The van der Waals surface area contributed by atoms with E-state index >= 15 is 0 Å². The van der Waals surface area contributed by atoms with Crippen LogP contribution >= 0.6 is 27.5 Å². The molecule has 0 radical (unpaired) electrons. The lowest BCUT2D eigenvalue weighted by molar-refractivity contribution is 0.815. The standard InChI is InChI=1S/C31H22BrClN6/c1-19-27-28(20-8-7-9-21(32)18-20)38-26-13-6-5-12-25(26)35-29(34-23-16-14-22(33)15-17-23)31(38)36-30(27)39(37-19)24-10-3-2-4-11-24/h2-18,28H,1H3,(H,34,35)/t28-/m1/s1. The molecule has 2 aliphatic heterocycles. The Morgan fingerprint density at radius 1 is 0.846 bits per heavy atom. The minimum absolute atomic E-state index is 0.180. The van der Waals surface area contributed by atoms with Crippen molar-refractivity contribution in [2.75, 3.05) is 10.2 Å². The maximum Gasteiger partial charge on any atom is 0.179 e. The number of fused-ring (bicyclic) bond motifs is 4. The Labute approximate surface area is 239 Å². The van der Waals surface area contributed by atoms with Gasteiger partial charge in [-0.3, -0.25) is 0 Å². The van der Waals surface area contributed by atoms with Crippen molar-refractivity contribution >= 4 is 62.1 Å². The van der Waals surface area contributed by atoms with Crippen LogP contribution in [0.4, 0.5) is 22.9 Å². The van der Waals surface area contributed by atoms with E-state index in [1.165, 1.54) is 0 Å². The van der Waals surface area contributed by atoms with Crippen molar-refractivity contribution < 1.29 is 0 Å². The van der Waals surface area contributed by atoms with Crippen molar-refractivity contribution in [1.82, 2.24) is 9.78 Å². The summed E-state index contributed by atoms with van der Waals surface area (Å²) in [6.45, 7) is 2.06. The summed E-state index contributed by atoms with van der Waals surface area (Å²) in [5, 5.41) is 9.17. The van der Waals surface area contributed by atoms with E-state index in [1.54, 1.807) is 0 Å². The second-order valence-corrected chi connectivity index (χ2v) is 10.8. The van der Waals surface area contributed by atoms with E-state index in [1.807, 2.05) is 83.5 Å². The quantitative estimate of drug-likeness (QED) is 0.229. The number of amidine groups is 2. The number of para-hydroxylation sites is 3. The van der Waals surface area contributed by atoms with Gasteiger partial charge < -0.3 is 10.2 Å². The molecule has 7 rings (SSSR count). The molecular weight excluding hydrogens is 572 g/mol. The Hall–Kier alpha value is -4.20. The number of nitrogens with zero attached hydrogens (tertiary/aromatic N) is 5. The van der Waals surface area contributed by atoms with Gasteiger partial charge in [0.15, 0.2) is 17.5 Å². The zero-order valence-electron chi connectivity index (χ0n) is 20.9. The van der Waals surface area contributed by atoms with Gasteiger partial charge >= 0.3 is 0 Å². The molecule has 6 nitrogen and oxygen atoms in total. The molecule has 1 N–H and O–H groups in total. The van der Waals surface area contributed by atoms with Gasteiger partial charge in [-0.15, -0.1) is 0 Å². The Balaban J connectivity index is 1.50. The molecule has 1 atom stereocenters. The van der Waals surface area contributed by atoms with E-state index in [0.29, 0.717) is 10.9 Å². The monoisotopic (exact) mass is 592 g/mol. The number of aliphatic imine (C=N–C) groups is 2. The number of anilines is 2. The lowest BCUT2D eigenvalue weighted by atomic mass is 9.93. The van der Waals surface area contributed by atoms with Crippen molar-refractivity contribution in [2.45, 2.75) is 13.0 Å². The van der Waals surface area contributed by atoms with Crippen LogP contribution in [0, 0.1) is 6.92 Å². The summed E-state index contributed by atoms with van der Waals surface area (Å²) in [5.74, 6) is 2.17. The molecule has 39 heavy (non-hydrogen) atoms. The van der Waals surface area contributed by atoms with Crippen molar-refractivity contribution in [1.29, 1.82) is 0 Å². The molecule has 2 aliphatic rings. The second kappa shape index (κ2) is 9.52. The summed E-state index contributed by atoms with van der Waals surface area (Å²) in [4.78, 5) is 12.6. The molecule has 0 unspecified atom stereocenters. The van der Waals surface area contributed by atoms with Crippen LogP contribution < -0.4 is 10.2 Å². The third-order valence-electron chi connectivity index (χ3n) is 6.91. The van der Waals surface area contributed by atoms with E-state index in [9.17, 15) is 0 Å². The third kappa shape index (κ3) is 4.15. The predicted molar refractivity (Wildman–Crippen MR) is 162 cm³/mol. The first kappa shape index (κ1) is 23.9. The normalized spacial score (nSPS) is 15.6. The van der Waals surface area contributed by atoms with E-state index < -0.39 is 0 Å². The maximum absolute atomic E-state index is 6.16. The number of aromatic nitrogens is 2. The lowest BCUT2D eigenvalue weighted by Crippen LogP contribution is -2.46. The van der Waals surface area contributed by atoms with Crippen LogP contribution in [0.15, 0.2) is 118 Å². The van der Waals surface area contributed by atoms with Gasteiger partial charge in [-0.05, 0) is 73.2 Å². The molecule has 0 saturated carbocycles. The van der Waals surface area contributed by atoms with Crippen LogP contribution in [-0.2, 0) is 0 Å². The average molecular weight is 594 g/mol. The van der Waals surface area contributed by atoms with Gasteiger partial charge in [-0.2, -0.15) is 5.10 Å². The SMILES string of the molecule is Cc1nn(-c2ccccc2)c2c1[C@@H](c1cccc(Br)c1)N1C(=N2)C(Nc2ccc(Cl)cc2)=Nc2ccccc21. The van der Waals surface area contributed by atoms with Crippen LogP contribution in [-0.4, -0.2) is 21.5 Å². The second-order valence-electron chi connectivity index (χ2n) is 9.41. The zero-order valence-corrected chi connectivity index (χ0v) is 23.2. The molecule has 0 aliphatic carbocycles. The number of aryl methyl sites for hydroxylation is 1. The molecule has 8 heteroatoms. The van der Waals surface area contributed by atoms with Crippen LogP contribution in [0.5, 0.6) is 0 Å². The molecule has 1 aromatic heterocycles. The smallest absolute Gasteiger partial charge is 0.179 e. The largest absolute Gasteiger partial charge is 0.337 e. The summed E-state index contributed by atoms with van der Waals surface area (Å²) >= 11 is 9.86. The molecule has 0 spiro atoms. The highest BCUT2D eigenvalue weighted by Crippen LogP contribution is 2.48. The van der Waals surface area contributed by atoms with Crippen molar-refractivity contribution in [3.8, 4) is 5.69 Å². The molecule has 0 saturated heterocycles. The van der Waals surface area contributed by atoms with Gasteiger partial charge in [-0.1, -0.05) is 70.0 Å². The van der Waals surface area contributed by atoms with Crippen LogP contribution in [0.2, 0.25) is 5.02 Å². The Kier molecular flexibility index (Phi) is 5.83. The lowest BCUT2D eigenvalue weighted by Gasteiger charge is -2.40. The van der Waals surface area contributed by atoms with Crippen LogP contribution in [0.25, 0.3) is 5.69 Å². The maximum atomic E-state index is 6.16. The number of hydrogen-bond acceptors (Lipinski definition) is 5. The third-order valence-corrected chi connectivity index (χ3v) is 7.66. The highest BCUT2D eigenvalue weighted by molar-refractivity contribution is 9.10. The molecule has 0 fully saturated rings. The van der Waals surface area contributed by atoms with Crippen molar-refractivity contribution in [2.24, 2.45) is 9.98 Å². The molecule has 190 valence electrons. The van der Waals surface area contributed by atoms with Crippen LogP contribution in [0.3, 0.4) is 0 Å². The number of rotatable bonds is 3. The molecule has 0 bridgehead atoms. The fourth-order valence-corrected chi connectivity index (χ4v) is 5.75. The Morgan fingerprint density at radius 3 is 2.41 bits per heavy atom. The number of benzene rings is 4. The van der Waals surface area contributed by atoms with Crippen LogP contribution in [0.1, 0.15) is 22.9 Å². The Morgan fingerprint density at radius 2 is 1.62 bits per heavy atom. The van der Waals surface area contributed by atoms with Crippen molar-refractivity contribution in [3.63, 3.8) is 0 Å². The van der Waals surface area contributed by atoms with Gasteiger partial charge in [-0.25, -0.2) is 14.7 Å². The van der Waals surface area contributed by atoms with Gasteiger partial charge in [0.25, 0.3) is 0 Å². The fraction of sp³-hybridized carbons (Fsp3) is 0.0645. The fourth-order valence-electron chi connectivity index (χ4n) is 5.21. The predicted octanol–water partition coefficient (Wildman–Crippen LogP) is 8.39. The first-order chi connectivity index (χ1) is 19.1. The zero-order chi connectivity index (χ0) is 26.5. The van der Waals surface area contributed by atoms with Gasteiger partial charge in [0.05, 0.1) is 28.8 Å². The van der Waals surface area contributed by atoms with E-state index in [2.05, 4.69) is 57.3 Å². The van der Waals surface area contributed by atoms with Crippen molar-refractivity contribution in [3.05, 3.63) is 129 Å². The topological polar surface area (TPSA) is 57.8 Å². The summed E-state index contributed by atoms with van der Waals surface area (Å²) in [5.41, 5.74) is 6.78. The first-order valence-electron chi connectivity index (χ1n) is 12.6. The summed E-state index contributed by atoms with van der Waals surface area (Å²) in [7, 11) is 0. The van der Waals surface area contributed by atoms with E-state index in [0.717, 1.165) is 55.7 Å². The summed E-state index contributed by atoms with van der Waals surface area (Å²) in [6.07, 6.45) is 0. The molecule has 5 aromatic rings. The first-order valence-corrected chi connectivity index (χ1v) is 13.7. The summed E-state index contributed by atoms with van der Waals surface area (Å²) in [6, 6.07) is 34.1. The molecule has 4 aromatic carbocycles. The number of nitrogens with one attached hydrogen (secondary N) is 1. The number of halogens is 2. The van der Waals surface area contributed by atoms with Gasteiger partial charge in [0.2, 0.25) is 0 Å².